The van der Waals surface area contributed by atoms with Crippen molar-refractivity contribution in [1.82, 2.24) is 10.2 Å². The van der Waals surface area contributed by atoms with E-state index >= 15 is 0 Å². The van der Waals surface area contributed by atoms with Crippen LogP contribution in [0.5, 0.6) is 5.75 Å². The summed E-state index contributed by atoms with van der Waals surface area (Å²) in [5.41, 5.74) is 1.00. The molecule has 4 rings (SSSR count). The lowest BCUT2D eigenvalue weighted by molar-refractivity contribution is -0.134. The third-order valence-corrected chi connectivity index (χ3v) is 6.11. The number of carbonyl (C=O) groups excluding carboxylic acids is 2. The van der Waals surface area contributed by atoms with Gasteiger partial charge in [-0.2, -0.15) is 0 Å². The number of hydrogen-bond acceptors (Lipinski definition) is 3. The van der Waals surface area contributed by atoms with Gasteiger partial charge in [0.05, 0.1) is 6.61 Å². The molecule has 0 radical (unpaired) electrons. The van der Waals surface area contributed by atoms with Crippen molar-refractivity contribution in [3.05, 3.63) is 28.8 Å². The summed E-state index contributed by atoms with van der Waals surface area (Å²) in [4.78, 5) is 26.2. The molecule has 2 atom stereocenters. The van der Waals surface area contributed by atoms with Crippen molar-refractivity contribution in [1.29, 1.82) is 0 Å². The van der Waals surface area contributed by atoms with E-state index in [0.29, 0.717) is 11.6 Å². The third kappa shape index (κ3) is 2.99. The molecule has 134 valence electrons. The van der Waals surface area contributed by atoms with E-state index in [1.54, 1.807) is 6.92 Å². The van der Waals surface area contributed by atoms with Crippen LogP contribution >= 0.6 is 11.6 Å². The smallest absolute Gasteiger partial charge is 0.226 e. The highest BCUT2D eigenvalue weighted by Crippen LogP contribution is 2.61. The summed E-state index contributed by atoms with van der Waals surface area (Å²) in [6.45, 7) is 3.63. The van der Waals surface area contributed by atoms with Crippen molar-refractivity contribution in [2.45, 2.75) is 44.1 Å². The zero-order chi connectivity index (χ0) is 17.6. The largest absolute Gasteiger partial charge is 0.493 e. The van der Waals surface area contributed by atoms with Gasteiger partial charge < -0.3 is 15.0 Å². The van der Waals surface area contributed by atoms with Crippen LogP contribution in [0, 0.1) is 5.92 Å². The molecule has 0 aromatic heterocycles. The maximum atomic E-state index is 13.0. The molecule has 1 aromatic rings. The monoisotopic (exact) mass is 362 g/mol. The van der Waals surface area contributed by atoms with Gasteiger partial charge in [0.25, 0.3) is 0 Å². The summed E-state index contributed by atoms with van der Waals surface area (Å²) in [5.74, 6) is 1.15. The Labute approximate surface area is 152 Å². The van der Waals surface area contributed by atoms with Gasteiger partial charge in [0.1, 0.15) is 5.75 Å². The first-order valence-corrected chi connectivity index (χ1v) is 9.36. The van der Waals surface area contributed by atoms with Crippen LogP contribution in [0.1, 0.15) is 38.2 Å². The number of carbonyl (C=O) groups is 2. The van der Waals surface area contributed by atoms with Gasteiger partial charge in [-0.1, -0.05) is 11.6 Å². The maximum Gasteiger partial charge on any atom is 0.226 e. The second kappa shape index (κ2) is 6.20. The lowest BCUT2D eigenvalue weighted by Gasteiger charge is -2.33. The van der Waals surface area contributed by atoms with Crippen molar-refractivity contribution in [2.75, 3.05) is 19.7 Å². The molecule has 0 bridgehead atoms. The highest BCUT2D eigenvalue weighted by molar-refractivity contribution is 6.30. The van der Waals surface area contributed by atoms with Crippen molar-refractivity contribution in [2.24, 2.45) is 5.92 Å². The molecule has 1 aromatic carbocycles. The highest BCUT2D eigenvalue weighted by Gasteiger charge is 2.61. The summed E-state index contributed by atoms with van der Waals surface area (Å²) < 4.78 is 5.75. The van der Waals surface area contributed by atoms with Crippen molar-refractivity contribution < 1.29 is 14.3 Å². The number of hydrogen-bond donors (Lipinski definition) is 1. The Morgan fingerprint density at radius 2 is 2.08 bits per heavy atom. The average molecular weight is 363 g/mol. The first-order chi connectivity index (χ1) is 12.0. The van der Waals surface area contributed by atoms with Gasteiger partial charge in [-0.3, -0.25) is 9.59 Å². The first-order valence-electron chi connectivity index (χ1n) is 8.98. The molecule has 0 unspecified atom stereocenters. The number of nitrogens with zero attached hydrogens (tertiary/aromatic N) is 1. The molecular formula is C19H23ClN2O3. The van der Waals surface area contributed by atoms with Gasteiger partial charge in [-0.25, -0.2) is 0 Å². The summed E-state index contributed by atoms with van der Waals surface area (Å²) in [6, 6.07) is 5.91. The second-order valence-electron chi connectivity index (χ2n) is 7.45. The number of benzene rings is 1. The Morgan fingerprint density at radius 3 is 2.80 bits per heavy atom. The van der Waals surface area contributed by atoms with Crippen molar-refractivity contribution >= 4 is 23.4 Å². The number of halogens is 1. The van der Waals surface area contributed by atoms with Crippen molar-refractivity contribution in [3.63, 3.8) is 0 Å². The molecule has 2 aliphatic heterocycles. The van der Waals surface area contributed by atoms with E-state index in [1.165, 1.54) is 0 Å². The summed E-state index contributed by atoms with van der Waals surface area (Å²) in [6.07, 6.45) is 3.42. The maximum absolute atomic E-state index is 13.0. The molecule has 1 saturated carbocycles. The lowest BCUT2D eigenvalue weighted by Crippen LogP contribution is -2.47. The van der Waals surface area contributed by atoms with E-state index in [0.717, 1.165) is 50.1 Å². The van der Waals surface area contributed by atoms with E-state index in [1.807, 2.05) is 23.1 Å². The number of ether oxygens (including phenoxy) is 1. The molecule has 2 fully saturated rings. The van der Waals surface area contributed by atoms with E-state index in [-0.39, 0.29) is 29.2 Å². The van der Waals surface area contributed by atoms with Gasteiger partial charge in [0.15, 0.2) is 0 Å². The van der Waals surface area contributed by atoms with Gasteiger partial charge in [-0.05, 0) is 43.9 Å². The molecule has 1 N–H and O–H groups in total. The Kier molecular flexibility index (Phi) is 4.14. The number of piperidine rings is 1. The average Bonchev–Trinajstić information content (AvgIpc) is 3.30. The fourth-order valence-corrected chi connectivity index (χ4v) is 4.62. The number of amides is 2. The Hall–Kier alpha value is -1.75. The lowest BCUT2D eigenvalue weighted by atomic mass is 9.87. The van der Waals surface area contributed by atoms with Crippen LogP contribution in [-0.4, -0.2) is 42.5 Å². The quantitative estimate of drug-likeness (QED) is 0.879. The predicted molar refractivity (Wildman–Crippen MR) is 94.8 cm³/mol. The Morgan fingerprint density at radius 1 is 1.32 bits per heavy atom. The number of rotatable bonds is 2. The first kappa shape index (κ1) is 16.7. The molecule has 1 spiro atoms. The van der Waals surface area contributed by atoms with Crippen LogP contribution < -0.4 is 10.1 Å². The van der Waals surface area contributed by atoms with Gasteiger partial charge >= 0.3 is 0 Å². The van der Waals surface area contributed by atoms with E-state index in [2.05, 4.69) is 5.32 Å². The minimum Gasteiger partial charge on any atom is -0.493 e. The molecule has 1 aliphatic carbocycles. The molecule has 1 saturated heterocycles. The zero-order valence-electron chi connectivity index (χ0n) is 14.4. The van der Waals surface area contributed by atoms with E-state index < -0.39 is 0 Å². The molecule has 6 heteroatoms. The van der Waals surface area contributed by atoms with Crippen LogP contribution in [0.4, 0.5) is 0 Å². The van der Waals surface area contributed by atoms with Crippen LogP contribution in [0.2, 0.25) is 5.02 Å². The normalized spacial score (nSPS) is 28.2. The van der Waals surface area contributed by atoms with E-state index in [9.17, 15) is 9.59 Å². The minimum atomic E-state index is -0.0932. The highest BCUT2D eigenvalue weighted by atomic mass is 35.5. The Balaban J connectivity index is 1.45. The van der Waals surface area contributed by atoms with Crippen molar-refractivity contribution in [3.8, 4) is 5.75 Å². The van der Waals surface area contributed by atoms with Crippen LogP contribution in [0.15, 0.2) is 18.2 Å². The van der Waals surface area contributed by atoms with Crippen LogP contribution in [-0.2, 0) is 15.0 Å². The fourth-order valence-electron chi connectivity index (χ4n) is 4.45. The minimum absolute atomic E-state index is 0.00149. The standard InChI is InChI=1S/C19H23ClN2O3/c1-12(23)21-14-4-7-22(8-5-14)18(24)16-11-19(16)6-9-25-17-3-2-13(20)10-15(17)19/h2-3,10,14,16H,4-9,11H2,1H3,(H,21,23)/t16-,19-/m0/s1. The number of fused-ring (bicyclic) bond motifs is 2. The molecule has 5 nitrogen and oxygen atoms in total. The molecule has 3 aliphatic rings. The zero-order valence-corrected chi connectivity index (χ0v) is 15.1. The molecule has 2 amide bonds. The predicted octanol–water partition coefficient (Wildman–Crippen LogP) is 2.51. The summed E-state index contributed by atoms with van der Waals surface area (Å²) in [7, 11) is 0. The van der Waals surface area contributed by atoms with E-state index in [4.69, 9.17) is 16.3 Å². The topological polar surface area (TPSA) is 58.6 Å². The van der Waals surface area contributed by atoms with Crippen LogP contribution in [0.25, 0.3) is 0 Å². The van der Waals surface area contributed by atoms with Gasteiger partial charge in [0, 0.05) is 48.0 Å². The summed E-state index contributed by atoms with van der Waals surface area (Å²) >= 11 is 6.18. The summed E-state index contributed by atoms with van der Waals surface area (Å²) in [5, 5.41) is 3.65. The van der Waals surface area contributed by atoms with Crippen LogP contribution in [0.3, 0.4) is 0 Å². The fraction of sp³-hybridized carbons (Fsp3) is 0.579. The van der Waals surface area contributed by atoms with Gasteiger partial charge in [0.2, 0.25) is 11.8 Å². The molecular weight excluding hydrogens is 340 g/mol. The number of likely N-dealkylation sites (tertiary alicyclic amines) is 1. The Bertz CT molecular complexity index is 715. The molecule has 2 heterocycles. The second-order valence-corrected chi connectivity index (χ2v) is 7.89. The third-order valence-electron chi connectivity index (χ3n) is 5.87. The van der Waals surface area contributed by atoms with Gasteiger partial charge in [-0.15, -0.1) is 0 Å². The SMILES string of the molecule is CC(=O)NC1CCN(C(=O)[C@@H]2C[C@]23CCOc2ccc(Cl)cc23)CC1. The molecule has 25 heavy (non-hydrogen) atoms. The number of nitrogens with one attached hydrogen (secondary N) is 1.